The fourth-order valence-corrected chi connectivity index (χ4v) is 4.56. The number of amides is 1. The smallest absolute Gasteiger partial charge is 0.241 e. The summed E-state index contributed by atoms with van der Waals surface area (Å²) < 4.78 is 28.0. The van der Waals surface area contributed by atoms with Gasteiger partial charge in [-0.25, -0.2) is 13.1 Å². The minimum absolute atomic E-state index is 0. The molecular weight excluding hydrogens is 406 g/mol. The maximum Gasteiger partial charge on any atom is 0.241 e. The molecule has 0 fully saturated rings. The molecule has 1 aromatic rings. The number of hydrogen-bond donors (Lipinski definition) is 3. The third kappa shape index (κ3) is 5.15. The molecule has 2 rings (SSSR count). The molecular formula is C14H21BrClN3O3S. The molecule has 0 saturated carbocycles. The van der Waals surface area contributed by atoms with Gasteiger partial charge in [0.2, 0.25) is 15.9 Å². The fraction of sp³-hybridized carbons (Fsp3) is 0.500. The Labute approximate surface area is 151 Å². The molecule has 1 aliphatic heterocycles. The Morgan fingerprint density at radius 3 is 2.70 bits per heavy atom. The first kappa shape index (κ1) is 20.4. The van der Waals surface area contributed by atoms with Crippen molar-refractivity contribution in [2.45, 2.75) is 37.6 Å². The molecule has 23 heavy (non-hydrogen) atoms. The molecule has 130 valence electrons. The van der Waals surface area contributed by atoms with Crippen LogP contribution in [0.3, 0.4) is 0 Å². The first-order valence-electron chi connectivity index (χ1n) is 7.18. The van der Waals surface area contributed by atoms with E-state index in [4.69, 9.17) is 0 Å². The lowest BCUT2D eigenvalue weighted by Crippen LogP contribution is -2.38. The van der Waals surface area contributed by atoms with Crippen LogP contribution >= 0.6 is 28.3 Å². The molecule has 0 saturated heterocycles. The summed E-state index contributed by atoms with van der Waals surface area (Å²) in [7, 11) is -3.64. The van der Waals surface area contributed by atoms with Gasteiger partial charge in [0.25, 0.3) is 0 Å². The summed E-state index contributed by atoms with van der Waals surface area (Å²) in [5, 5.41) is 5.86. The number of sulfonamides is 1. The number of halogens is 2. The average Bonchev–Trinajstić information content (AvgIpc) is 2.45. The zero-order chi connectivity index (χ0) is 16.3. The normalized spacial score (nSPS) is 15.3. The van der Waals surface area contributed by atoms with Crippen LogP contribution < -0.4 is 15.4 Å². The van der Waals surface area contributed by atoms with Crippen LogP contribution in [-0.4, -0.2) is 33.5 Å². The lowest BCUT2D eigenvalue weighted by Gasteiger charge is -2.19. The van der Waals surface area contributed by atoms with E-state index >= 15 is 0 Å². The van der Waals surface area contributed by atoms with Crippen LogP contribution in [-0.2, 0) is 21.2 Å². The number of carbonyl (C=O) groups excluding carboxylic acids is 1. The highest BCUT2D eigenvalue weighted by atomic mass is 79.9. The van der Waals surface area contributed by atoms with Crippen molar-refractivity contribution in [3.8, 4) is 0 Å². The van der Waals surface area contributed by atoms with Crippen molar-refractivity contribution in [1.29, 1.82) is 0 Å². The standard InChI is InChI=1S/C14H20BrN3O3S.ClH/c1-3-16-9(2)8-17-22(20,21)13-7-12-10(6-11(13)15)4-5-14(19)18-12;/h6-7,9,16-17H,3-5,8H2,1-2H3,(H,18,19);1H/t9-;/m1./s1. The van der Waals surface area contributed by atoms with E-state index in [0.717, 1.165) is 12.1 Å². The Morgan fingerprint density at radius 2 is 2.04 bits per heavy atom. The van der Waals surface area contributed by atoms with E-state index in [-0.39, 0.29) is 29.3 Å². The minimum atomic E-state index is -3.64. The molecule has 0 aliphatic carbocycles. The van der Waals surface area contributed by atoms with E-state index in [0.29, 0.717) is 29.5 Å². The minimum Gasteiger partial charge on any atom is -0.326 e. The number of nitrogens with one attached hydrogen (secondary N) is 3. The fourth-order valence-electron chi connectivity index (χ4n) is 2.32. The van der Waals surface area contributed by atoms with Gasteiger partial charge in [-0.1, -0.05) is 6.92 Å². The van der Waals surface area contributed by atoms with E-state index in [1.807, 2.05) is 13.8 Å². The highest BCUT2D eigenvalue weighted by Gasteiger charge is 2.23. The van der Waals surface area contributed by atoms with E-state index in [1.54, 1.807) is 6.07 Å². The predicted molar refractivity (Wildman–Crippen MR) is 96.7 cm³/mol. The molecule has 1 heterocycles. The van der Waals surface area contributed by atoms with E-state index in [2.05, 4.69) is 31.3 Å². The number of fused-ring (bicyclic) bond motifs is 1. The summed E-state index contributed by atoms with van der Waals surface area (Å²) in [5.41, 5.74) is 1.51. The van der Waals surface area contributed by atoms with Crippen LogP contribution in [0.4, 0.5) is 5.69 Å². The SMILES string of the molecule is CCN[C@H](C)CNS(=O)(=O)c1cc2c(cc1Br)CCC(=O)N2.Cl. The highest BCUT2D eigenvalue weighted by molar-refractivity contribution is 9.10. The second-order valence-electron chi connectivity index (χ2n) is 5.30. The number of likely N-dealkylation sites (N-methyl/N-ethyl adjacent to an activating group) is 1. The van der Waals surface area contributed by atoms with Crippen LogP contribution in [0.25, 0.3) is 0 Å². The number of benzene rings is 1. The molecule has 9 heteroatoms. The number of carbonyl (C=O) groups is 1. The summed E-state index contributed by atoms with van der Waals surface area (Å²) in [4.78, 5) is 11.6. The summed E-state index contributed by atoms with van der Waals surface area (Å²) in [6, 6.07) is 3.31. The van der Waals surface area contributed by atoms with Crippen LogP contribution in [0, 0.1) is 0 Å². The van der Waals surface area contributed by atoms with Gasteiger partial charge in [0, 0.05) is 29.2 Å². The second-order valence-corrected chi connectivity index (χ2v) is 7.89. The Morgan fingerprint density at radius 1 is 1.35 bits per heavy atom. The predicted octanol–water partition coefficient (Wildman–Crippen LogP) is 2.03. The van der Waals surface area contributed by atoms with Crippen molar-refractivity contribution >= 4 is 50.0 Å². The summed E-state index contributed by atoms with van der Waals surface area (Å²) in [6.07, 6.45) is 1.04. The van der Waals surface area contributed by atoms with Gasteiger partial charge < -0.3 is 10.6 Å². The third-order valence-corrected chi connectivity index (χ3v) is 5.86. The molecule has 0 spiro atoms. The molecule has 0 radical (unpaired) electrons. The second kappa shape index (κ2) is 8.43. The molecule has 0 aromatic heterocycles. The quantitative estimate of drug-likeness (QED) is 0.649. The molecule has 0 unspecified atom stereocenters. The summed E-state index contributed by atoms with van der Waals surface area (Å²) in [5.74, 6) is -0.0908. The average molecular weight is 427 g/mol. The summed E-state index contributed by atoms with van der Waals surface area (Å²) >= 11 is 3.32. The highest BCUT2D eigenvalue weighted by Crippen LogP contribution is 2.31. The first-order chi connectivity index (χ1) is 10.3. The van der Waals surface area contributed by atoms with E-state index < -0.39 is 10.0 Å². The zero-order valence-electron chi connectivity index (χ0n) is 13.0. The van der Waals surface area contributed by atoms with Crippen molar-refractivity contribution in [1.82, 2.24) is 10.0 Å². The van der Waals surface area contributed by atoms with Crippen molar-refractivity contribution < 1.29 is 13.2 Å². The topological polar surface area (TPSA) is 87.3 Å². The van der Waals surface area contributed by atoms with E-state index in [1.165, 1.54) is 6.07 Å². The lowest BCUT2D eigenvalue weighted by atomic mass is 10.0. The van der Waals surface area contributed by atoms with Crippen LogP contribution in [0.2, 0.25) is 0 Å². The zero-order valence-corrected chi connectivity index (χ0v) is 16.2. The number of rotatable bonds is 6. The van der Waals surface area contributed by atoms with Gasteiger partial charge in [0.05, 0.1) is 4.90 Å². The molecule has 0 bridgehead atoms. The number of hydrogen-bond acceptors (Lipinski definition) is 4. The van der Waals surface area contributed by atoms with Gasteiger partial charge in [-0.15, -0.1) is 12.4 Å². The molecule has 1 aromatic carbocycles. The van der Waals surface area contributed by atoms with Gasteiger partial charge in [-0.05, 0) is 53.5 Å². The largest absolute Gasteiger partial charge is 0.326 e. The monoisotopic (exact) mass is 425 g/mol. The lowest BCUT2D eigenvalue weighted by molar-refractivity contribution is -0.116. The van der Waals surface area contributed by atoms with Gasteiger partial charge in [-0.2, -0.15) is 0 Å². The van der Waals surface area contributed by atoms with Crippen molar-refractivity contribution in [2.24, 2.45) is 0 Å². The Balaban J connectivity index is 0.00000264. The van der Waals surface area contributed by atoms with Crippen LogP contribution in [0.5, 0.6) is 0 Å². The van der Waals surface area contributed by atoms with E-state index in [9.17, 15) is 13.2 Å². The maximum atomic E-state index is 12.4. The Bertz CT molecular complexity index is 682. The molecule has 1 atom stereocenters. The molecule has 1 aliphatic rings. The van der Waals surface area contributed by atoms with Gasteiger partial charge in [0.15, 0.2) is 0 Å². The number of anilines is 1. The van der Waals surface area contributed by atoms with Crippen LogP contribution in [0.15, 0.2) is 21.5 Å². The van der Waals surface area contributed by atoms with Crippen molar-refractivity contribution in [2.75, 3.05) is 18.4 Å². The molecule has 6 nitrogen and oxygen atoms in total. The maximum absolute atomic E-state index is 12.4. The van der Waals surface area contributed by atoms with Crippen molar-refractivity contribution in [3.05, 3.63) is 22.2 Å². The van der Waals surface area contributed by atoms with Gasteiger partial charge in [0.1, 0.15) is 0 Å². The first-order valence-corrected chi connectivity index (χ1v) is 9.46. The third-order valence-electron chi connectivity index (χ3n) is 3.47. The van der Waals surface area contributed by atoms with Crippen molar-refractivity contribution in [3.63, 3.8) is 0 Å². The molecule has 3 N–H and O–H groups in total. The Hall–Kier alpha value is -0.670. The Kier molecular flexibility index (Phi) is 7.47. The van der Waals surface area contributed by atoms with Gasteiger partial charge in [-0.3, -0.25) is 4.79 Å². The number of aryl methyl sites for hydroxylation is 1. The van der Waals surface area contributed by atoms with Crippen LogP contribution in [0.1, 0.15) is 25.8 Å². The molecule has 1 amide bonds. The van der Waals surface area contributed by atoms with Gasteiger partial charge >= 0.3 is 0 Å². The summed E-state index contributed by atoms with van der Waals surface area (Å²) in [6.45, 7) is 4.95.